The van der Waals surface area contributed by atoms with Gasteiger partial charge in [0, 0.05) is 61.7 Å². The molecular weight excluding hydrogens is 841 g/mol. The summed E-state index contributed by atoms with van der Waals surface area (Å²) in [4.78, 5) is 25.8. The minimum atomic E-state index is 0.0415. The van der Waals surface area contributed by atoms with Crippen LogP contribution in [0.1, 0.15) is 45.2 Å². The highest BCUT2D eigenvalue weighted by molar-refractivity contribution is 6.10. The molecule has 3 aromatic heterocycles. The first-order valence-corrected chi connectivity index (χ1v) is 23.5. The first kappa shape index (κ1) is 39.1. The Morgan fingerprint density at radius 2 is 0.667 bits per heavy atom. The van der Waals surface area contributed by atoms with Crippen LogP contribution in [-0.4, -0.2) is 29.5 Å². The number of rotatable bonds is 7. The smallest absolute Gasteiger partial charge is 0.164 e. The van der Waals surface area contributed by atoms with Gasteiger partial charge in [-0.2, -0.15) is 0 Å². The predicted molar refractivity (Wildman–Crippen MR) is 277 cm³/mol. The van der Waals surface area contributed by atoms with Crippen LogP contribution in [0.25, 0.3) is 95.6 Å². The molecule has 2 unspecified atom stereocenters. The van der Waals surface area contributed by atoms with Crippen LogP contribution in [0, 0.1) is 0 Å². The van der Waals surface area contributed by atoms with Crippen molar-refractivity contribution in [3.05, 3.63) is 264 Å². The average molecular weight is 881 g/mol. The normalized spacial score (nSPS) is 14.4. The Hall–Kier alpha value is -9.13. The monoisotopic (exact) mass is 880 g/mol. The van der Waals surface area contributed by atoms with Crippen LogP contribution in [-0.2, 0) is 0 Å². The zero-order valence-corrected chi connectivity index (χ0v) is 37.3. The van der Waals surface area contributed by atoms with E-state index in [1.165, 1.54) is 49.7 Å². The lowest BCUT2D eigenvalue weighted by Gasteiger charge is -2.42. The van der Waals surface area contributed by atoms with Gasteiger partial charge in [-0.1, -0.05) is 182 Å². The SMILES string of the molecule is c1ccc(-c2nc(-c3ccc4c(c3)C3c5ccccc5C4c4cc(-c5nc(-c6ccccc6)nc(-c6ccccc6)n5)ccc43)cc(-c3ccc4c(c3)c3ccccc3n4-c3ccccc3)n2)cc1. The molecule has 0 radical (unpaired) electrons. The molecule has 3 heterocycles. The summed E-state index contributed by atoms with van der Waals surface area (Å²) in [5.41, 5.74) is 19.1. The van der Waals surface area contributed by atoms with Gasteiger partial charge in [0.2, 0.25) is 0 Å². The minimum absolute atomic E-state index is 0.0415. The Labute approximate surface area is 399 Å². The van der Waals surface area contributed by atoms with E-state index in [2.05, 4.69) is 193 Å². The highest BCUT2D eigenvalue weighted by Gasteiger charge is 2.41. The molecule has 9 aromatic carbocycles. The fraction of sp³-hybridized carbons (Fsp3) is 0.0317. The van der Waals surface area contributed by atoms with Gasteiger partial charge in [0.15, 0.2) is 23.3 Å². The van der Waals surface area contributed by atoms with E-state index in [9.17, 15) is 0 Å². The molecule has 6 heteroatoms. The number of fused-ring (bicyclic) bond motifs is 3. The van der Waals surface area contributed by atoms with Crippen molar-refractivity contribution >= 4 is 21.8 Å². The molecular formula is C63H40N6. The molecule has 0 spiro atoms. The van der Waals surface area contributed by atoms with Gasteiger partial charge < -0.3 is 4.57 Å². The van der Waals surface area contributed by atoms with Crippen LogP contribution in [0.15, 0.2) is 231 Å². The summed E-state index contributed by atoms with van der Waals surface area (Å²) in [6.07, 6.45) is 0. The molecule has 3 aliphatic rings. The third-order valence-electron chi connectivity index (χ3n) is 14.0. The molecule has 322 valence electrons. The zero-order valence-electron chi connectivity index (χ0n) is 37.3. The number of benzene rings is 9. The topological polar surface area (TPSA) is 69.4 Å². The van der Waals surface area contributed by atoms with E-state index in [-0.39, 0.29) is 11.8 Å². The molecule has 2 atom stereocenters. The van der Waals surface area contributed by atoms with E-state index < -0.39 is 0 Å². The van der Waals surface area contributed by atoms with E-state index in [0.717, 1.165) is 56.0 Å². The summed E-state index contributed by atoms with van der Waals surface area (Å²) >= 11 is 0. The molecule has 15 rings (SSSR count). The third kappa shape index (κ3) is 6.45. The maximum atomic E-state index is 5.32. The molecule has 12 aromatic rings. The average Bonchev–Trinajstić information content (AvgIpc) is 3.77. The van der Waals surface area contributed by atoms with E-state index in [0.29, 0.717) is 23.3 Å². The van der Waals surface area contributed by atoms with E-state index in [1.807, 2.05) is 42.5 Å². The van der Waals surface area contributed by atoms with Gasteiger partial charge in [-0.3, -0.25) is 0 Å². The van der Waals surface area contributed by atoms with Crippen molar-refractivity contribution in [2.75, 3.05) is 0 Å². The summed E-state index contributed by atoms with van der Waals surface area (Å²) in [6.45, 7) is 0. The summed E-state index contributed by atoms with van der Waals surface area (Å²) in [7, 11) is 0. The first-order chi connectivity index (χ1) is 34.2. The Bertz CT molecular complexity index is 3900. The number of aromatic nitrogens is 6. The summed E-state index contributed by atoms with van der Waals surface area (Å²) in [6, 6.07) is 81.6. The van der Waals surface area contributed by atoms with Crippen molar-refractivity contribution in [3.8, 4) is 73.8 Å². The van der Waals surface area contributed by atoms with Gasteiger partial charge in [-0.15, -0.1) is 0 Å². The third-order valence-corrected chi connectivity index (χ3v) is 14.0. The molecule has 69 heavy (non-hydrogen) atoms. The van der Waals surface area contributed by atoms with E-state index in [4.69, 9.17) is 24.9 Å². The summed E-state index contributed by atoms with van der Waals surface area (Å²) in [5.74, 6) is 2.75. The van der Waals surface area contributed by atoms with Crippen molar-refractivity contribution in [1.29, 1.82) is 0 Å². The second-order valence-electron chi connectivity index (χ2n) is 18.0. The van der Waals surface area contributed by atoms with Crippen LogP contribution >= 0.6 is 0 Å². The quantitative estimate of drug-likeness (QED) is 0.159. The molecule has 0 fully saturated rings. The number of hydrogen-bond donors (Lipinski definition) is 0. The van der Waals surface area contributed by atoms with Crippen LogP contribution in [0.2, 0.25) is 0 Å². The van der Waals surface area contributed by atoms with Crippen LogP contribution < -0.4 is 0 Å². The molecule has 2 bridgehead atoms. The molecule has 0 aliphatic heterocycles. The fourth-order valence-electron chi connectivity index (χ4n) is 10.9. The van der Waals surface area contributed by atoms with Crippen molar-refractivity contribution in [2.45, 2.75) is 11.8 Å². The molecule has 6 nitrogen and oxygen atoms in total. The van der Waals surface area contributed by atoms with Gasteiger partial charge in [0.1, 0.15) is 0 Å². The maximum absolute atomic E-state index is 5.32. The van der Waals surface area contributed by atoms with Crippen molar-refractivity contribution in [1.82, 2.24) is 29.5 Å². The van der Waals surface area contributed by atoms with Crippen molar-refractivity contribution in [3.63, 3.8) is 0 Å². The van der Waals surface area contributed by atoms with Crippen molar-refractivity contribution < 1.29 is 0 Å². The fourth-order valence-corrected chi connectivity index (χ4v) is 10.9. The Morgan fingerprint density at radius 1 is 0.261 bits per heavy atom. The largest absolute Gasteiger partial charge is 0.309 e. The minimum Gasteiger partial charge on any atom is -0.309 e. The Morgan fingerprint density at radius 3 is 1.25 bits per heavy atom. The molecule has 3 aliphatic carbocycles. The Kier molecular flexibility index (Phi) is 8.92. The lowest BCUT2D eigenvalue weighted by molar-refractivity contribution is 0.754. The first-order valence-electron chi connectivity index (χ1n) is 23.5. The summed E-state index contributed by atoms with van der Waals surface area (Å²) in [5, 5.41) is 2.39. The number of para-hydroxylation sites is 2. The van der Waals surface area contributed by atoms with Crippen molar-refractivity contribution in [2.24, 2.45) is 0 Å². The van der Waals surface area contributed by atoms with Gasteiger partial charge in [-0.25, -0.2) is 24.9 Å². The highest BCUT2D eigenvalue weighted by atomic mass is 15.0. The van der Waals surface area contributed by atoms with Gasteiger partial charge >= 0.3 is 0 Å². The maximum Gasteiger partial charge on any atom is 0.164 e. The highest BCUT2D eigenvalue weighted by Crippen LogP contribution is 2.56. The zero-order chi connectivity index (χ0) is 45.4. The van der Waals surface area contributed by atoms with E-state index in [1.54, 1.807) is 0 Å². The van der Waals surface area contributed by atoms with Gasteiger partial charge in [0.05, 0.1) is 22.4 Å². The lowest BCUT2D eigenvalue weighted by Crippen LogP contribution is -2.27. The second kappa shape index (κ2) is 15.8. The van der Waals surface area contributed by atoms with Crippen LogP contribution in [0.3, 0.4) is 0 Å². The van der Waals surface area contributed by atoms with Crippen LogP contribution in [0.5, 0.6) is 0 Å². The lowest BCUT2D eigenvalue weighted by atomic mass is 9.60. The molecule has 0 amide bonds. The molecule has 0 saturated heterocycles. The van der Waals surface area contributed by atoms with E-state index >= 15 is 0 Å². The summed E-state index contributed by atoms with van der Waals surface area (Å²) < 4.78 is 2.35. The number of hydrogen-bond acceptors (Lipinski definition) is 5. The standard InChI is InChI=1S/C63H40N6/c1-5-17-39(18-6-1)60-64-54(38-55(65-60)43-31-34-57-51(35-43)46-25-15-16-28-56(46)69(57)45-23-11-4-12-24-45)42-29-32-49-52(36-42)58-47-26-13-14-27-48(47)59(49)53-37-44(30-33-50(53)58)63-67-61(40-19-7-2-8-20-40)66-62(68-63)41-21-9-3-10-22-41/h1-38,58-59H. The molecule has 0 N–H and O–H groups in total. The van der Waals surface area contributed by atoms with Crippen LogP contribution in [0.4, 0.5) is 0 Å². The van der Waals surface area contributed by atoms with Gasteiger partial charge in [-0.05, 0) is 81.9 Å². The molecule has 0 saturated carbocycles. The van der Waals surface area contributed by atoms with Gasteiger partial charge in [0.25, 0.3) is 0 Å². The Balaban J connectivity index is 0.897. The predicted octanol–water partition coefficient (Wildman–Crippen LogP) is 14.7. The number of nitrogens with zero attached hydrogens (tertiary/aromatic N) is 6. The second-order valence-corrected chi connectivity index (χ2v) is 18.0.